The molecule has 0 bridgehead atoms. The van der Waals surface area contributed by atoms with E-state index in [1.807, 2.05) is 0 Å². The molecule has 1 aliphatic heterocycles. The van der Waals surface area contributed by atoms with Crippen LogP contribution in [0.25, 0.3) is 0 Å². The SMILES string of the molecule is COC(=O)CC[C@H]1NC(=O)N(c2ccc(OC(F)F)nc2)C1=O. The molecule has 0 aliphatic carbocycles. The second-order valence-electron chi connectivity index (χ2n) is 4.52. The quantitative estimate of drug-likeness (QED) is 0.619. The van der Waals surface area contributed by atoms with Gasteiger partial charge in [0.2, 0.25) is 5.88 Å². The monoisotopic (exact) mass is 329 g/mol. The molecule has 2 heterocycles. The molecular weight excluding hydrogens is 316 g/mol. The second kappa shape index (κ2) is 6.99. The molecule has 23 heavy (non-hydrogen) atoms. The topological polar surface area (TPSA) is 97.8 Å². The Morgan fingerprint density at radius 2 is 2.17 bits per heavy atom. The van der Waals surface area contributed by atoms with Gasteiger partial charge >= 0.3 is 18.6 Å². The number of rotatable bonds is 6. The minimum absolute atomic E-state index is 0.0273. The number of esters is 1. The van der Waals surface area contributed by atoms with Crippen LogP contribution in [-0.4, -0.2) is 42.7 Å². The van der Waals surface area contributed by atoms with Gasteiger partial charge in [-0.15, -0.1) is 0 Å². The molecule has 1 atom stereocenters. The molecule has 1 saturated heterocycles. The lowest BCUT2D eigenvalue weighted by molar-refractivity contribution is -0.140. The van der Waals surface area contributed by atoms with E-state index in [4.69, 9.17) is 0 Å². The molecule has 0 unspecified atom stereocenters. The molecule has 1 aliphatic rings. The van der Waals surface area contributed by atoms with E-state index >= 15 is 0 Å². The summed E-state index contributed by atoms with van der Waals surface area (Å²) in [7, 11) is 1.22. The molecule has 2 rings (SSSR count). The first kappa shape index (κ1) is 16.6. The predicted octanol–water partition coefficient (Wildman–Crippen LogP) is 1.06. The third kappa shape index (κ3) is 3.90. The highest BCUT2D eigenvalue weighted by Crippen LogP contribution is 2.22. The molecular formula is C13H13F2N3O5. The molecule has 1 aromatic heterocycles. The van der Waals surface area contributed by atoms with E-state index in [9.17, 15) is 23.2 Å². The van der Waals surface area contributed by atoms with Crippen molar-refractivity contribution in [3.05, 3.63) is 18.3 Å². The Morgan fingerprint density at radius 1 is 1.43 bits per heavy atom. The summed E-state index contributed by atoms with van der Waals surface area (Å²) in [5.74, 6) is -1.40. The first-order valence-corrected chi connectivity index (χ1v) is 6.54. The highest BCUT2D eigenvalue weighted by molar-refractivity contribution is 6.21. The molecule has 0 saturated carbocycles. The molecule has 8 nitrogen and oxygen atoms in total. The fraction of sp³-hybridized carbons (Fsp3) is 0.385. The summed E-state index contributed by atoms with van der Waals surface area (Å²) in [6, 6.07) is 0.821. The number of ether oxygens (including phenoxy) is 2. The van der Waals surface area contributed by atoms with Crippen molar-refractivity contribution in [3.8, 4) is 5.88 Å². The summed E-state index contributed by atoms with van der Waals surface area (Å²) in [6.45, 7) is -3.02. The maximum atomic E-state index is 12.2. The van der Waals surface area contributed by atoms with Crippen LogP contribution in [0, 0.1) is 0 Å². The minimum atomic E-state index is -3.02. The van der Waals surface area contributed by atoms with E-state index in [0.717, 1.165) is 17.2 Å². The van der Waals surface area contributed by atoms with Crippen LogP contribution < -0.4 is 15.0 Å². The van der Waals surface area contributed by atoms with Gasteiger partial charge in [-0.1, -0.05) is 0 Å². The van der Waals surface area contributed by atoms with E-state index in [1.165, 1.54) is 13.2 Å². The van der Waals surface area contributed by atoms with E-state index < -0.39 is 30.6 Å². The van der Waals surface area contributed by atoms with Gasteiger partial charge in [-0.2, -0.15) is 8.78 Å². The Hall–Kier alpha value is -2.78. The Bertz CT molecular complexity index is 608. The van der Waals surface area contributed by atoms with Gasteiger partial charge in [0.1, 0.15) is 6.04 Å². The van der Waals surface area contributed by atoms with Crippen LogP contribution >= 0.6 is 0 Å². The number of imide groups is 1. The Labute approximate surface area is 129 Å². The third-order valence-electron chi connectivity index (χ3n) is 3.07. The predicted molar refractivity (Wildman–Crippen MR) is 71.9 cm³/mol. The zero-order chi connectivity index (χ0) is 17.0. The number of urea groups is 1. The number of halogens is 2. The first-order chi connectivity index (χ1) is 10.9. The largest absolute Gasteiger partial charge is 0.469 e. The molecule has 124 valence electrons. The van der Waals surface area contributed by atoms with E-state index in [0.29, 0.717) is 0 Å². The Kier molecular flexibility index (Phi) is 5.04. The summed E-state index contributed by atoms with van der Waals surface area (Å²) in [5, 5.41) is 2.43. The Balaban J connectivity index is 2.06. The third-order valence-corrected chi connectivity index (χ3v) is 3.07. The molecule has 0 aromatic carbocycles. The zero-order valence-corrected chi connectivity index (χ0v) is 12.0. The number of nitrogens with zero attached hydrogens (tertiary/aromatic N) is 2. The summed E-state index contributed by atoms with van der Waals surface area (Å²) in [4.78, 5) is 39.6. The van der Waals surface area contributed by atoms with Gasteiger partial charge in [-0.3, -0.25) is 9.59 Å². The van der Waals surface area contributed by atoms with E-state index in [-0.39, 0.29) is 24.4 Å². The number of anilines is 1. The number of aromatic nitrogens is 1. The molecule has 3 amide bonds. The van der Waals surface area contributed by atoms with Gasteiger partial charge < -0.3 is 14.8 Å². The number of pyridine rings is 1. The zero-order valence-electron chi connectivity index (χ0n) is 12.0. The van der Waals surface area contributed by atoms with Crippen molar-refractivity contribution in [2.24, 2.45) is 0 Å². The van der Waals surface area contributed by atoms with Gasteiger partial charge in [0.15, 0.2) is 0 Å². The van der Waals surface area contributed by atoms with Crippen molar-refractivity contribution >= 4 is 23.6 Å². The fourth-order valence-corrected chi connectivity index (χ4v) is 2.00. The van der Waals surface area contributed by atoms with Crippen molar-refractivity contribution in [2.45, 2.75) is 25.5 Å². The minimum Gasteiger partial charge on any atom is -0.469 e. The standard InChI is InChI=1S/C13H13F2N3O5/c1-22-10(19)5-3-8-11(20)18(13(21)17-8)7-2-4-9(16-6-7)23-12(14)15/h2,4,6,8,12H,3,5H2,1H3,(H,17,21)/t8-/m1/s1. The van der Waals surface area contributed by atoms with Crippen LogP contribution in [0.1, 0.15) is 12.8 Å². The summed E-state index contributed by atoms with van der Waals surface area (Å²) < 4.78 is 32.6. The molecule has 0 spiro atoms. The number of carbonyl (C=O) groups excluding carboxylic acids is 3. The van der Waals surface area contributed by atoms with Crippen LogP contribution in [-0.2, 0) is 14.3 Å². The average Bonchev–Trinajstić information content (AvgIpc) is 2.79. The van der Waals surface area contributed by atoms with Crippen molar-refractivity contribution in [2.75, 3.05) is 12.0 Å². The number of nitrogens with one attached hydrogen (secondary N) is 1. The van der Waals surface area contributed by atoms with Crippen molar-refractivity contribution < 1.29 is 32.6 Å². The van der Waals surface area contributed by atoms with Crippen molar-refractivity contribution in [1.29, 1.82) is 0 Å². The van der Waals surface area contributed by atoms with Gasteiger partial charge in [-0.05, 0) is 12.5 Å². The molecule has 10 heteroatoms. The lowest BCUT2D eigenvalue weighted by Crippen LogP contribution is -2.31. The van der Waals surface area contributed by atoms with Gasteiger partial charge in [0.05, 0.1) is 19.0 Å². The fourth-order valence-electron chi connectivity index (χ4n) is 2.00. The van der Waals surface area contributed by atoms with Crippen LogP contribution in [0.2, 0.25) is 0 Å². The van der Waals surface area contributed by atoms with Crippen LogP contribution in [0.4, 0.5) is 19.3 Å². The highest BCUT2D eigenvalue weighted by atomic mass is 19.3. The van der Waals surface area contributed by atoms with Gasteiger partial charge in [-0.25, -0.2) is 14.7 Å². The molecule has 1 aromatic rings. The van der Waals surface area contributed by atoms with Crippen molar-refractivity contribution in [1.82, 2.24) is 10.3 Å². The average molecular weight is 329 g/mol. The second-order valence-corrected chi connectivity index (χ2v) is 4.52. The normalized spacial score (nSPS) is 17.4. The van der Waals surface area contributed by atoms with Crippen LogP contribution in [0.3, 0.4) is 0 Å². The van der Waals surface area contributed by atoms with Crippen LogP contribution in [0.5, 0.6) is 5.88 Å². The van der Waals surface area contributed by atoms with Crippen LogP contribution in [0.15, 0.2) is 18.3 Å². The molecule has 1 fully saturated rings. The lowest BCUT2D eigenvalue weighted by atomic mass is 10.1. The van der Waals surface area contributed by atoms with E-state index in [1.54, 1.807) is 0 Å². The number of amides is 3. The van der Waals surface area contributed by atoms with Gasteiger partial charge in [0, 0.05) is 12.5 Å². The summed E-state index contributed by atoms with van der Waals surface area (Å²) >= 11 is 0. The Morgan fingerprint density at radius 3 is 2.74 bits per heavy atom. The van der Waals surface area contributed by atoms with E-state index in [2.05, 4.69) is 19.8 Å². The lowest BCUT2D eigenvalue weighted by Gasteiger charge is -2.13. The van der Waals surface area contributed by atoms with Gasteiger partial charge in [0.25, 0.3) is 5.91 Å². The number of hydrogen-bond acceptors (Lipinski definition) is 6. The number of carbonyl (C=O) groups is 3. The highest BCUT2D eigenvalue weighted by Gasteiger charge is 2.39. The summed E-state index contributed by atoms with van der Waals surface area (Å²) in [5.41, 5.74) is 0.106. The molecule has 0 radical (unpaired) electrons. The number of methoxy groups -OCH3 is 1. The maximum absolute atomic E-state index is 12.2. The smallest absolute Gasteiger partial charge is 0.388 e. The first-order valence-electron chi connectivity index (χ1n) is 6.54. The van der Waals surface area contributed by atoms with Crippen molar-refractivity contribution in [3.63, 3.8) is 0 Å². The maximum Gasteiger partial charge on any atom is 0.388 e. The number of alkyl halides is 2. The molecule has 1 N–H and O–H groups in total. The number of hydrogen-bond donors (Lipinski definition) is 1. The summed E-state index contributed by atoms with van der Waals surface area (Å²) in [6.07, 6.45) is 1.13.